The topological polar surface area (TPSA) is 62.1 Å². The van der Waals surface area contributed by atoms with Crippen molar-refractivity contribution in [3.05, 3.63) is 35.5 Å². The third-order valence-corrected chi connectivity index (χ3v) is 3.19. The SMILES string of the molecule is NC(=O)N1CCc2[nH]c3ccccc3c2C1. The van der Waals surface area contributed by atoms with E-state index in [1.165, 1.54) is 16.6 Å². The highest BCUT2D eigenvalue weighted by atomic mass is 16.2. The zero-order valence-electron chi connectivity index (χ0n) is 8.86. The van der Waals surface area contributed by atoms with Crippen molar-refractivity contribution in [2.24, 2.45) is 5.73 Å². The van der Waals surface area contributed by atoms with Gasteiger partial charge in [-0.05, 0) is 6.07 Å². The van der Waals surface area contributed by atoms with E-state index in [0.29, 0.717) is 13.1 Å². The second kappa shape index (κ2) is 3.27. The molecule has 0 saturated heterocycles. The van der Waals surface area contributed by atoms with Crippen molar-refractivity contribution in [2.45, 2.75) is 13.0 Å². The minimum absolute atomic E-state index is 0.337. The zero-order chi connectivity index (χ0) is 11.1. The van der Waals surface area contributed by atoms with Crippen LogP contribution in [0.3, 0.4) is 0 Å². The van der Waals surface area contributed by atoms with Crippen LogP contribution in [0, 0.1) is 0 Å². The molecule has 2 aromatic rings. The number of nitrogens with zero attached hydrogens (tertiary/aromatic N) is 1. The smallest absolute Gasteiger partial charge is 0.315 e. The average molecular weight is 215 g/mol. The highest BCUT2D eigenvalue weighted by Gasteiger charge is 2.21. The number of urea groups is 1. The fraction of sp³-hybridized carbons (Fsp3) is 0.250. The van der Waals surface area contributed by atoms with Gasteiger partial charge < -0.3 is 15.6 Å². The summed E-state index contributed by atoms with van der Waals surface area (Å²) in [6.07, 6.45) is 0.854. The molecule has 2 amide bonds. The summed E-state index contributed by atoms with van der Waals surface area (Å²) >= 11 is 0. The molecule has 4 heteroatoms. The monoisotopic (exact) mass is 215 g/mol. The largest absolute Gasteiger partial charge is 0.358 e. The van der Waals surface area contributed by atoms with Gasteiger partial charge >= 0.3 is 6.03 Å². The lowest BCUT2D eigenvalue weighted by Crippen LogP contribution is -2.39. The van der Waals surface area contributed by atoms with Gasteiger partial charge in [-0.3, -0.25) is 0 Å². The predicted molar refractivity (Wildman–Crippen MR) is 62.0 cm³/mol. The van der Waals surface area contributed by atoms with E-state index < -0.39 is 0 Å². The van der Waals surface area contributed by atoms with E-state index in [2.05, 4.69) is 17.1 Å². The molecule has 0 aliphatic carbocycles. The Balaban J connectivity index is 2.11. The summed E-state index contributed by atoms with van der Waals surface area (Å²) < 4.78 is 0. The van der Waals surface area contributed by atoms with Crippen LogP contribution in [0.15, 0.2) is 24.3 Å². The Labute approximate surface area is 93.0 Å². The van der Waals surface area contributed by atoms with Gasteiger partial charge in [0.05, 0.1) is 0 Å². The summed E-state index contributed by atoms with van der Waals surface area (Å²) in [6, 6.07) is 7.82. The Morgan fingerprint density at radius 2 is 2.19 bits per heavy atom. The van der Waals surface area contributed by atoms with Crippen LogP contribution in [0.1, 0.15) is 11.3 Å². The van der Waals surface area contributed by atoms with Crippen molar-refractivity contribution >= 4 is 16.9 Å². The number of fused-ring (bicyclic) bond motifs is 3. The van der Waals surface area contributed by atoms with E-state index >= 15 is 0 Å². The first-order valence-corrected chi connectivity index (χ1v) is 5.38. The van der Waals surface area contributed by atoms with E-state index in [1.54, 1.807) is 4.90 Å². The van der Waals surface area contributed by atoms with Gasteiger partial charge in [-0.25, -0.2) is 4.79 Å². The fourth-order valence-electron chi connectivity index (χ4n) is 2.35. The van der Waals surface area contributed by atoms with E-state index in [0.717, 1.165) is 11.9 Å². The van der Waals surface area contributed by atoms with Gasteiger partial charge in [-0.15, -0.1) is 0 Å². The molecule has 1 aromatic carbocycles. The Kier molecular flexibility index (Phi) is 1.89. The van der Waals surface area contributed by atoms with Crippen LogP contribution < -0.4 is 5.73 Å². The number of carbonyl (C=O) groups excluding carboxylic acids is 1. The minimum Gasteiger partial charge on any atom is -0.358 e. The van der Waals surface area contributed by atoms with Gasteiger partial charge in [0.2, 0.25) is 0 Å². The normalized spacial score (nSPS) is 15.1. The molecule has 16 heavy (non-hydrogen) atoms. The molecule has 4 nitrogen and oxygen atoms in total. The molecule has 0 bridgehead atoms. The van der Waals surface area contributed by atoms with Crippen LogP contribution >= 0.6 is 0 Å². The third kappa shape index (κ3) is 1.26. The van der Waals surface area contributed by atoms with E-state index in [1.807, 2.05) is 12.1 Å². The van der Waals surface area contributed by atoms with E-state index in [4.69, 9.17) is 5.73 Å². The van der Waals surface area contributed by atoms with Crippen LogP contribution in [0.25, 0.3) is 10.9 Å². The van der Waals surface area contributed by atoms with Crippen LogP contribution in [-0.2, 0) is 13.0 Å². The summed E-state index contributed by atoms with van der Waals surface area (Å²) in [7, 11) is 0. The van der Waals surface area contributed by atoms with Crippen molar-refractivity contribution in [3.63, 3.8) is 0 Å². The summed E-state index contributed by atoms with van der Waals surface area (Å²) in [6.45, 7) is 1.32. The van der Waals surface area contributed by atoms with Crippen LogP contribution in [0.5, 0.6) is 0 Å². The molecule has 0 fully saturated rings. The molecule has 82 valence electrons. The van der Waals surface area contributed by atoms with Crippen LogP contribution in [0.4, 0.5) is 4.79 Å². The number of nitrogens with one attached hydrogen (secondary N) is 1. The van der Waals surface area contributed by atoms with Gasteiger partial charge in [-0.1, -0.05) is 18.2 Å². The summed E-state index contributed by atoms with van der Waals surface area (Å²) in [4.78, 5) is 16.2. The molecule has 0 unspecified atom stereocenters. The number of hydrogen-bond donors (Lipinski definition) is 2. The maximum Gasteiger partial charge on any atom is 0.315 e. The first kappa shape index (κ1) is 9.27. The number of H-pyrrole nitrogens is 1. The molecule has 1 aliphatic rings. The predicted octanol–water partition coefficient (Wildman–Crippen LogP) is 1.60. The van der Waals surface area contributed by atoms with Crippen LogP contribution in [-0.4, -0.2) is 22.5 Å². The number of hydrogen-bond acceptors (Lipinski definition) is 1. The number of benzene rings is 1. The maximum absolute atomic E-state index is 11.2. The lowest BCUT2D eigenvalue weighted by Gasteiger charge is -2.25. The first-order valence-electron chi connectivity index (χ1n) is 5.38. The quantitative estimate of drug-likeness (QED) is 0.689. The maximum atomic E-state index is 11.2. The van der Waals surface area contributed by atoms with Gasteiger partial charge in [0.25, 0.3) is 0 Å². The number of aromatic amines is 1. The van der Waals surface area contributed by atoms with Crippen molar-refractivity contribution < 1.29 is 4.79 Å². The highest BCUT2D eigenvalue weighted by Crippen LogP contribution is 2.27. The summed E-state index contributed by atoms with van der Waals surface area (Å²) in [5.74, 6) is 0. The standard InChI is InChI=1S/C12H13N3O/c13-12(16)15-6-5-11-9(7-15)8-3-1-2-4-10(8)14-11/h1-4,14H,5-7H2,(H2,13,16). The van der Waals surface area contributed by atoms with Crippen molar-refractivity contribution in [1.82, 2.24) is 9.88 Å². The first-order chi connectivity index (χ1) is 7.75. The minimum atomic E-state index is -0.337. The van der Waals surface area contributed by atoms with Gasteiger partial charge in [0, 0.05) is 41.7 Å². The zero-order valence-corrected chi connectivity index (χ0v) is 8.86. The molecule has 0 radical (unpaired) electrons. The molecule has 3 rings (SSSR count). The summed E-state index contributed by atoms with van der Waals surface area (Å²) in [5.41, 5.74) is 8.90. The Morgan fingerprint density at radius 1 is 1.38 bits per heavy atom. The second-order valence-electron chi connectivity index (χ2n) is 4.14. The Bertz CT molecular complexity index is 558. The number of primary amides is 1. The average Bonchev–Trinajstić information content (AvgIpc) is 2.66. The number of carbonyl (C=O) groups is 1. The van der Waals surface area contributed by atoms with Gasteiger partial charge in [0.1, 0.15) is 0 Å². The number of para-hydroxylation sites is 1. The van der Waals surface area contributed by atoms with E-state index in [-0.39, 0.29) is 6.03 Å². The number of aromatic nitrogens is 1. The summed E-state index contributed by atoms with van der Waals surface area (Å²) in [5, 5.41) is 1.20. The molecular formula is C12H13N3O. The van der Waals surface area contributed by atoms with Gasteiger partial charge in [-0.2, -0.15) is 0 Å². The third-order valence-electron chi connectivity index (χ3n) is 3.19. The molecule has 2 heterocycles. The lowest BCUT2D eigenvalue weighted by atomic mass is 10.1. The Morgan fingerprint density at radius 3 is 3.00 bits per heavy atom. The fourth-order valence-corrected chi connectivity index (χ4v) is 2.35. The molecule has 1 aliphatic heterocycles. The second-order valence-corrected chi connectivity index (χ2v) is 4.14. The lowest BCUT2D eigenvalue weighted by molar-refractivity contribution is 0.202. The molecule has 0 spiro atoms. The molecule has 0 saturated carbocycles. The number of nitrogens with two attached hydrogens (primary N) is 1. The van der Waals surface area contributed by atoms with Crippen molar-refractivity contribution in [3.8, 4) is 0 Å². The number of rotatable bonds is 0. The highest BCUT2D eigenvalue weighted by molar-refractivity contribution is 5.85. The molecular weight excluding hydrogens is 202 g/mol. The molecule has 0 atom stereocenters. The molecule has 1 aromatic heterocycles. The Hall–Kier alpha value is -1.97. The van der Waals surface area contributed by atoms with E-state index in [9.17, 15) is 4.79 Å². The van der Waals surface area contributed by atoms with Crippen LogP contribution in [0.2, 0.25) is 0 Å². The number of amides is 2. The van der Waals surface area contributed by atoms with Crippen molar-refractivity contribution in [2.75, 3.05) is 6.54 Å². The van der Waals surface area contributed by atoms with Gasteiger partial charge in [0.15, 0.2) is 0 Å². The molecule has 3 N–H and O–H groups in total. The van der Waals surface area contributed by atoms with Crippen molar-refractivity contribution in [1.29, 1.82) is 0 Å².